The lowest BCUT2D eigenvalue weighted by Crippen LogP contribution is -2.37. The number of fused-ring (bicyclic) bond motifs is 1. The summed E-state index contributed by atoms with van der Waals surface area (Å²) in [5.74, 6) is 2.90. The van der Waals surface area contributed by atoms with Crippen LogP contribution in [0.15, 0.2) is 10.5 Å². The first-order valence-corrected chi connectivity index (χ1v) is 9.26. The van der Waals surface area contributed by atoms with E-state index in [1.54, 1.807) is 6.07 Å². The van der Waals surface area contributed by atoms with Crippen LogP contribution in [0.4, 0.5) is 5.82 Å². The average Bonchev–Trinajstić information content (AvgIpc) is 3.39. The Balaban J connectivity index is 0.000000314. The third-order valence-corrected chi connectivity index (χ3v) is 4.65. The summed E-state index contributed by atoms with van der Waals surface area (Å²) in [6.45, 7) is 8.80. The quantitative estimate of drug-likeness (QED) is 0.786. The number of carbonyl (C=O) groups excluding carboxylic acids is 1. The molecule has 0 unspecified atom stereocenters. The molecule has 6 nitrogen and oxygen atoms in total. The molecule has 25 heavy (non-hydrogen) atoms. The van der Waals surface area contributed by atoms with Crippen molar-refractivity contribution in [2.45, 2.75) is 46.5 Å². The van der Waals surface area contributed by atoms with Gasteiger partial charge in [0.1, 0.15) is 11.3 Å². The lowest BCUT2D eigenvalue weighted by Gasteiger charge is -2.27. The SMILES string of the molecule is CCC(=O)c1cc2nc(C)nc(N3CCOCC3)c2o1.CCC1CC1. The molecule has 0 spiro atoms. The molecule has 0 bridgehead atoms. The molecule has 1 saturated carbocycles. The fourth-order valence-electron chi connectivity index (χ4n) is 2.86. The number of hydrogen-bond donors (Lipinski definition) is 0. The molecule has 2 aromatic rings. The van der Waals surface area contributed by atoms with Crippen LogP contribution in [0.1, 0.15) is 55.9 Å². The van der Waals surface area contributed by atoms with Gasteiger partial charge in [-0.2, -0.15) is 0 Å². The fraction of sp³-hybridized carbons (Fsp3) is 0.632. The average molecular weight is 345 g/mol. The monoisotopic (exact) mass is 345 g/mol. The van der Waals surface area contributed by atoms with Crippen LogP contribution in [0.3, 0.4) is 0 Å². The van der Waals surface area contributed by atoms with Gasteiger partial charge in [-0.25, -0.2) is 9.97 Å². The lowest BCUT2D eigenvalue weighted by atomic mass is 10.2. The third-order valence-electron chi connectivity index (χ3n) is 4.65. The number of aryl methyl sites for hydroxylation is 1. The minimum atomic E-state index is -0.0198. The maximum atomic E-state index is 11.8. The molecule has 0 atom stereocenters. The number of furan rings is 1. The molecule has 0 radical (unpaired) electrons. The zero-order valence-electron chi connectivity index (χ0n) is 15.4. The van der Waals surface area contributed by atoms with Crippen LogP contribution in [0, 0.1) is 12.8 Å². The van der Waals surface area contributed by atoms with E-state index >= 15 is 0 Å². The van der Waals surface area contributed by atoms with Crippen molar-refractivity contribution in [2.75, 3.05) is 31.2 Å². The van der Waals surface area contributed by atoms with Gasteiger partial charge in [-0.1, -0.05) is 33.1 Å². The highest BCUT2D eigenvalue weighted by Crippen LogP contribution is 2.31. The van der Waals surface area contributed by atoms with Gasteiger partial charge in [-0.15, -0.1) is 0 Å². The minimum absolute atomic E-state index is 0.0198. The molecular formula is C19H27N3O3. The molecule has 136 valence electrons. The van der Waals surface area contributed by atoms with Crippen molar-refractivity contribution in [3.8, 4) is 0 Å². The second-order valence-corrected chi connectivity index (χ2v) is 6.65. The molecule has 1 saturated heterocycles. The van der Waals surface area contributed by atoms with E-state index in [0.717, 1.165) is 24.8 Å². The van der Waals surface area contributed by atoms with E-state index < -0.39 is 0 Å². The van der Waals surface area contributed by atoms with E-state index in [1.165, 1.54) is 19.3 Å². The predicted molar refractivity (Wildman–Crippen MR) is 97.2 cm³/mol. The zero-order chi connectivity index (χ0) is 17.8. The van der Waals surface area contributed by atoms with Crippen molar-refractivity contribution in [3.63, 3.8) is 0 Å². The third kappa shape index (κ3) is 4.37. The number of aromatic nitrogens is 2. The van der Waals surface area contributed by atoms with E-state index in [1.807, 2.05) is 13.8 Å². The zero-order valence-corrected chi connectivity index (χ0v) is 15.4. The summed E-state index contributed by atoms with van der Waals surface area (Å²) in [6.07, 6.45) is 4.85. The number of Topliss-reactive ketones (excluding diaryl/α,β-unsaturated/α-hetero) is 1. The van der Waals surface area contributed by atoms with Crippen LogP contribution < -0.4 is 4.90 Å². The Kier molecular flexibility index (Phi) is 5.68. The summed E-state index contributed by atoms with van der Waals surface area (Å²) < 4.78 is 11.1. The molecule has 4 rings (SSSR count). The van der Waals surface area contributed by atoms with Crippen molar-refractivity contribution in [2.24, 2.45) is 5.92 Å². The van der Waals surface area contributed by atoms with Crippen molar-refractivity contribution < 1.29 is 13.9 Å². The normalized spacial score (nSPS) is 17.3. The first-order chi connectivity index (χ1) is 12.1. The fourth-order valence-corrected chi connectivity index (χ4v) is 2.86. The summed E-state index contributed by atoms with van der Waals surface area (Å²) in [7, 11) is 0. The Morgan fingerprint density at radius 1 is 1.24 bits per heavy atom. The molecule has 2 aromatic heterocycles. The predicted octanol–water partition coefficient (Wildman–Crippen LogP) is 3.77. The van der Waals surface area contributed by atoms with Gasteiger partial charge < -0.3 is 14.1 Å². The summed E-state index contributed by atoms with van der Waals surface area (Å²) in [5, 5.41) is 0. The summed E-state index contributed by atoms with van der Waals surface area (Å²) >= 11 is 0. The Bertz CT molecular complexity index is 731. The van der Waals surface area contributed by atoms with Gasteiger partial charge >= 0.3 is 0 Å². The van der Waals surface area contributed by atoms with E-state index in [4.69, 9.17) is 9.15 Å². The topological polar surface area (TPSA) is 68.5 Å². The van der Waals surface area contributed by atoms with Crippen LogP contribution >= 0.6 is 0 Å². The van der Waals surface area contributed by atoms with E-state index in [0.29, 0.717) is 42.3 Å². The van der Waals surface area contributed by atoms with Gasteiger partial charge in [0.15, 0.2) is 22.9 Å². The Morgan fingerprint density at radius 3 is 2.52 bits per heavy atom. The second kappa shape index (κ2) is 7.95. The maximum absolute atomic E-state index is 11.8. The smallest absolute Gasteiger partial charge is 0.197 e. The Morgan fingerprint density at radius 2 is 1.96 bits per heavy atom. The van der Waals surface area contributed by atoms with Gasteiger partial charge in [0.2, 0.25) is 0 Å². The summed E-state index contributed by atoms with van der Waals surface area (Å²) in [6, 6.07) is 1.71. The molecule has 3 heterocycles. The molecule has 0 amide bonds. The molecule has 2 aliphatic rings. The number of ether oxygens (including phenoxy) is 1. The van der Waals surface area contributed by atoms with E-state index in [2.05, 4.69) is 21.8 Å². The number of nitrogens with zero attached hydrogens (tertiary/aromatic N) is 3. The lowest BCUT2D eigenvalue weighted by molar-refractivity contribution is 0.0963. The first kappa shape index (κ1) is 17.9. The van der Waals surface area contributed by atoms with Crippen molar-refractivity contribution >= 4 is 22.7 Å². The Hall–Kier alpha value is -1.95. The number of hydrogen-bond acceptors (Lipinski definition) is 6. The molecule has 1 aliphatic carbocycles. The number of carbonyl (C=O) groups is 1. The standard InChI is InChI=1S/C14H17N3O3.C5H10/c1-3-11(18)12-8-10-13(20-12)14(16-9(2)15-10)17-4-6-19-7-5-17;1-2-5-3-4-5/h8H,3-7H2,1-2H3;5H,2-4H2,1H3. The van der Waals surface area contributed by atoms with Crippen LogP contribution in [0.25, 0.3) is 11.1 Å². The largest absolute Gasteiger partial charge is 0.447 e. The number of rotatable bonds is 4. The van der Waals surface area contributed by atoms with Gasteiger partial charge in [0.05, 0.1) is 13.2 Å². The van der Waals surface area contributed by atoms with Gasteiger partial charge in [-0.05, 0) is 12.8 Å². The van der Waals surface area contributed by atoms with Crippen molar-refractivity contribution in [1.82, 2.24) is 9.97 Å². The first-order valence-electron chi connectivity index (χ1n) is 9.26. The van der Waals surface area contributed by atoms with E-state index in [-0.39, 0.29) is 5.78 Å². The molecular weight excluding hydrogens is 318 g/mol. The molecule has 0 N–H and O–H groups in total. The van der Waals surface area contributed by atoms with Gasteiger partial charge in [0, 0.05) is 25.6 Å². The molecule has 2 fully saturated rings. The second-order valence-electron chi connectivity index (χ2n) is 6.65. The van der Waals surface area contributed by atoms with Crippen LogP contribution in [-0.2, 0) is 4.74 Å². The number of anilines is 1. The summed E-state index contributed by atoms with van der Waals surface area (Å²) in [4.78, 5) is 22.7. The Labute approximate surface area is 148 Å². The highest BCUT2D eigenvalue weighted by atomic mass is 16.5. The number of ketones is 1. The van der Waals surface area contributed by atoms with Crippen LogP contribution in [0.2, 0.25) is 0 Å². The maximum Gasteiger partial charge on any atom is 0.197 e. The van der Waals surface area contributed by atoms with Crippen LogP contribution in [-0.4, -0.2) is 42.1 Å². The number of morpholine rings is 1. The van der Waals surface area contributed by atoms with Gasteiger partial charge in [-0.3, -0.25) is 4.79 Å². The molecule has 6 heteroatoms. The van der Waals surface area contributed by atoms with Crippen LogP contribution in [0.5, 0.6) is 0 Å². The summed E-state index contributed by atoms with van der Waals surface area (Å²) in [5.41, 5.74) is 1.28. The highest BCUT2D eigenvalue weighted by molar-refractivity contribution is 5.98. The van der Waals surface area contributed by atoms with E-state index in [9.17, 15) is 4.79 Å². The van der Waals surface area contributed by atoms with Crippen molar-refractivity contribution in [1.29, 1.82) is 0 Å². The minimum Gasteiger partial charge on any atom is -0.447 e. The van der Waals surface area contributed by atoms with Gasteiger partial charge in [0.25, 0.3) is 0 Å². The molecule has 1 aliphatic heterocycles. The highest BCUT2D eigenvalue weighted by Gasteiger charge is 2.21. The van der Waals surface area contributed by atoms with Crippen molar-refractivity contribution in [3.05, 3.63) is 17.7 Å². The molecule has 0 aromatic carbocycles.